The fourth-order valence-corrected chi connectivity index (χ4v) is 10.8. The van der Waals surface area contributed by atoms with Crippen molar-refractivity contribution in [2.45, 2.75) is 32.1 Å². The van der Waals surface area contributed by atoms with Crippen LogP contribution < -0.4 is 0 Å². The second-order valence-electron chi connectivity index (χ2n) is 13.6. The molecule has 6 nitrogen and oxygen atoms in total. The molecule has 2 heterocycles. The van der Waals surface area contributed by atoms with Crippen LogP contribution in [0.15, 0.2) is 58.7 Å². The van der Waals surface area contributed by atoms with E-state index in [1.165, 1.54) is 22.7 Å². The quantitative estimate of drug-likeness (QED) is 0.114. The lowest BCUT2D eigenvalue weighted by molar-refractivity contribution is 0.103. The summed E-state index contributed by atoms with van der Waals surface area (Å²) in [6.45, 7) is 4.34. The Kier molecular flexibility index (Phi) is 7.64. The number of halogens is 4. The van der Waals surface area contributed by atoms with E-state index in [-0.39, 0.29) is 44.5 Å². The average molecular weight is 741 g/mol. The Balaban J connectivity index is 1.29. The summed E-state index contributed by atoms with van der Waals surface area (Å²) in [6, 6.07) is 14.3. The number of nitriles is 4. The van der Waals surface area contributed by atoms with Gasteiger partial charge in [0.05, 0.1) is 0 Å². The number of hydrogen-bond donors (Lipinski definition) is 0. The van der Waals surface area contributed by atoms with E-state index in [1.807, 2.05) is 12.1 Å². The molecule has 1 fully saturated rings. The molecule has 2 aromatic carbocycles. The number of allylic oxidation sites excluding steroid dienone is 6. The van der Waals surface area contributed by atoms with Crippen LogP contribution in [0.4, 0.5) is 17.6 Å². The van der Waals surface area contributed by atoms with Gasteiger partial charge in [0, 0.05) is 58.3 Å². The largest absolute Gasteiger partial charge is 0.289 e. The average Bonchev–Trinajstić information content (AvgIpc) is 3.95. The Bertz CT molecular complexity index is 2530. The molecule has 4 aromatic rings. The molecule has 1 spiro atoms. The van der Waals surface area contributed by atoms with Crippen LogP contribution in [0.2, 0.25) is 0 Å². The minimum Gasteiger partial charge on any atom is -0.289 e. The lowest BCUT2D eigenvalue weighted by Gasteiger charge is -2.25. The van der Waals surface area contributed by atoms with Crippen molar-refractivity contribution in [1.29, 1.82) is 21.0 Å². The molecule has 0 aliphatic heterocycles. The fraction of sp³-hybridized carbons (Fsp3) is 0.171. The van der Waals surface area contributed by atoms with E-state index >= 15 is 0 Å². The molecule has 0 saturated heterocycles. The third-order valence-corrected chi connectivity index (χ3v) is 13.1. The van der Waals surface area contributed by atoms with E-state index in [4.69, 9.17) is 0 Å². The SMILES string of the molecule is C[C@H]1CC2(C[C@@H]1C)c1cc(/C=C3\C(=O)c4cc(F)c(F)cc4C3=C(C#N)C#N)sc1-c1sc(/C=C3\C(=O)c4cc(F)c(F)cc4C3=C(C#N)C#N)cc12. The molecule has 4 aliphatic rings. The number of rotatable bonds is 2. The van der Waals surface area contributed by atoms with Crippen LogP contribution in [0.3, 0.4) is 0 Å². The van der Waals surface area contributed by atoms with Gasteiger partial charge in [-0.25, -0.2) is 17.6 Å². The van der Waals surface area contributed by atoms with Gasteiger partial charge in [-0.3, -0.25) is 9.59 Å². The zero-order valence-electron chi connectivity index (χ0n) is 27.6. The normalized spacial score (nSPS) is 20.3. The summed E-state index contributed by atoms with van der Waals surface area (Å²) < 4.78 is 57.2. The molecule has 0 amide bonds. The molecule has 4 aliphatic carbocycles. The first-order chi connectivity index (χ1) is 25.3. The van der Waals surface area contributed by atoms with Crippen molar-refractivity contribution in [1.82, 2.24) is 0 Å². The number of fused-ring (bicyclic) bond motifs is 7. The van der Waals surface area contributed by atoms with Crippen molar-refractivity contribution >= 4 is 57.5 Å². The van der Waals surface area contributed by atoms with E-state index in [2.05, 4.69) is 13.8 Å². The number of hydrogen-bond acceptors (Lipinski definition) is 8. The molecule has 53 heavy (non-hydrogen) atoms. The van der Waals surface area contributed by atoms with Gasteiger partial charge in [-0.1, -0.05) is 13.8 Å². The van der Waals surface area contributed by atoms with Crippen LogP contribution in [0.1, 0.15) is 79.4 Å². The molecular formula is C41H20F4N4O2S2. The maximum Gasteiger partial charge on any atom is 0.194 e. The van der Waals surface area contributed by atoms with Crippen LogP contribution in [0.5, 0.6) is 0 Å². The predicted octanol–water partition coefficient (Wildman–Crippen LogP) is 9.86. The number of carbonyl (C=O) groups is 2. The molecule has 12 heteroatoms. The second kappa shape index (κ2) is 11.9. The molecule has 256 valence electrons. The molecule has 0 N–H and O–H groups in total. The first kappa shape index (κ1) is 33.9. The summed E-state index contributed by atoms with van der Waals surface area (Å²) in [4.78, 5) is 30.3. The minimum absolute atomic E-state index is 0.0284. The standard InChI is InChI=1S/C41H20F4N4O2S2/c1-17-11-41(12-18(17)2)29-5-21(3-27-35(19(13-46)14-47)23-7-31(42)33(44)9-25(23)37(27)50)52-39(29)40-30(41)6-22(53-40)4-28-36(20(15-48)16-49)24-8-32(43)34(45)10-26(24)38(28)51/h3-10,17-18H,11-12H2,1-2H3/b27-3-,28-4-/t17-,18-/m0/s1. The highest BCUT2D eigenvalue weighted by Gasteiger charge is 2.52. The third kappa shape index (κ3) is 4.77. The van der Waals surface area contributed by atoms with Crippen LogP contribution in [0.25, 0.3) is 33.1 Å². The molecule has 0 unspecified atom stereocenters. The number of thiophene rings is 2. The molecule has 2 aromatic heterocycles. The Morgan fingerprint density at radius 2 is 0.962 bits per heavy atom. The van der Waals surface area contributed by atoms with Crippen LogP contribution in [-0.4, -0.2) is 11.6 Å². The van der Waals surface area contributed by atoms with Crippen molar-refractivity contribution in [2.75, 3.05) is 0 Å². The van der Waals surface area contributed by atoms with Crippen molar-refractivity contribution in [3.05, 3.63) is 125 Å². The first-order valence-electron chi connectivity index (χ1n) is 16.3. The molecule has 8 rings (SSSR count). The molecule has 2 atom stereocenters. The number of ketones is 2. The lowest BCUT2D eigenvalue weighted by Crippen LogP contribution is -2.20. The highest BCUT2D eigenvalue weighted by Crippen LogP contribution is 2.64. The van der Waals surface area contributed by atoms with Crippen LogP contribution in [-0.2, 0) is 5.41 Å². The van der Waals surface area contributed by atoms with Gasteiger partial charge in [0.2, 0.25) is 0 Å². The molecule has 0 radical (unpaired) electrons. The summed E-state index contributed by atoms with van der Waals surface area (Å²) in [6.07, 6.45) is 4.67. The highest BCUT2D eigenvalue weighted by atomic mass is 32.1. The van der Waals surface area contributed by atoms with Crippen molar-refractivity contribution in [3.63, 3.8) is 0 Å². The maximum absolute atomic E-state index is 14.4. The van der Waals surface area contributed by atoms with Crippen LogP contribution >= 0.6 is 22.7 Å². The minimum atomic E-state index is -1.23. The summed E-state index contributed by atoms with van der Waals surface area (Å²) >= 11 is 2.74. The second-order valence-corrected chi connectivity index (χ2v) is 15.7. The van der Waals surface area contributed by atoms with Gasteiger partial charge in [-0.2, -0.15) is 21.0 Å². The fourth-order valence-electron chi connectivity index (χ4n) is 8.24. The molecule has 0 bridgehead atoms. The van der Waals surface area contributed by atoms with E-state index in [0.29, 0.717) is 21.6 Å². The number of benzene rings is 2. The third-order valence-electron chi connectivity index (χ3n) is 10.7. The summed E-state index contributed by atoms with van der Waals surface area (Å²) in [5.74, 6) is -5.53. The van der Waals surface area contributed by atoms with Gasteiger partial charge < -0.3 is 0 Å². The van der Waals surface area contributed by atoms with E-state index in [1.54, 1.807) is 36.4 Å². The Labute approximate surface area is 307 Å². The van der Waals surface area contributed by atoms with Gasteiger partial charge in [-0.15, -0.1) is 22.7 Å². The topological polar surface area (TPSA) is 129 Å². The van der Waals surface area contributed by atoms with Gasteiger partial charge >= 0.3 is 0 Å². The Morgan fingerprint density at radius 1 is 0.623 bits per heavy atom. The Hall–Kier alpha value is -6.18. The van der Waals surface area contributed by atoms with Gasteiger partial charge in [-0.05, 0) is 95.5 Å². The van der Waals surface area contributed by atoms with E-state index < -0.39 is 51.4 Å². The maximum atomic E-state index is 14.4. The van der Waals surface area contributed by atoms with Gasteiger partial charge in [0.15, 0.2) is 34.8 Å². The zero-order chi connectivity index (χ0) is 37.7. The summed E-state index contributed by atoms with van der Waals surface area (Å²) in [5, 5.41) is 39.0. The van der Waals surface area contributed by atoms with Crippen molar-refractivity contribution in [2.24, 2.45) is 11.8 Å². The number of Topliss-reactive ketones (excluding diaryl/α,β-unsaturated/α-hetero) is 2. The summed E-state index contributed by atoms with van der Waals surface area (Å²) in [7, 11) is 0. The van der Waals surface area contributed by atoms with E-state index in [9.17, 15) is 48.2 Å². The Morgan fingerprint density at radius 3 is 1.30 bits per heavy atom. The first-order valence-corrected chi connectivity index (χ1v) is 17.9. The van der Waals surface area contributed by atoms with Crippen LogP contribution in [0, 0.1) is 80.4 Å². The van der Waals surface area contributed by atoms with Gasteiger partial charge in [0.25, 0.3) is 0 Å². The number of carbonyl (C=O) groups excluding carboxylic acids is 2. The van der Waals surface area contributed by atoms with Crippen molar-refractivity contribution in [3.8, 4) is 34.0 Å². The molecule has 1 saturated carbocycles. The van der Waals surface area contributed by atoms with Gasteiger partial charge in [0.1, 0.15) is 35.4 Å². The van der Waals surface area contributed by atoms with E-state index in [0.717, 1.165) is 58.0 Å². The molecular weight excluding hydrogens is 721 g/mol. The smallest absolute Gasteiger partial charge is 0.194 e. The summed E-state index contributed by atoms with van der Waals surface area (Å²) in [5.41, 5.74) is 0.246. The zero-order valence-corrected chi connectivity index (χ0v) is 29.3. The number of nitrogens with zero attached hydrogens (tertiary/aromatic N) is 4. The lowest BCUT2D eigenvalue weighted by atomic mass is 9.77. The predicted molar refractivity (Wildman–Crippen MR) is 190 cm³/mol. The highest BCUT2D eigenvalue weighted by molar-refractivity contribution is 7.23. The van der Waals surface area contributed by atoms with Crippen molar-refractivity contribution < 1.29 is 27.2 Å². The monoisotopic (exact) mass is 740 g/mol.